The number of hydrogen-bond acceptors (Lipinski definition) is 5. The molecule has 2 aromatic carbocycles. The molecular formula is C20H17N3O3S. The van der Waals surface area contributed by atoms with Crippen LogP contribution in [-0.4, -0.2) is 30.1 Å². The minimum absolute atomic E-state index is 0.152. The molecule has 7 heteroatoms. The molecule has 1 saturated heterocycles. The van der Waals surface area contributed by atoms with Crippen LogP contribution in [0.2, 0.25) is 0 Å². The second-order valence-electron chi connectivity index (χ2n) is 6.05. The zero-order valence-electron chi connectivity index (χ0n) is 14.4. The molecule has 27 heavy (non-hydrogen) atoms. The van der Waals surface area contributed by atoms with Crippen LogP contribution in [0.3, 0.4) is 0 Å². The fraction of sp³-hybridized carbons (Fsp3) is 0.150. The Hall–Kier alpha value is -3.19. The highest BCUT2D eigenvalue weighted by Gasteiger charge is 2.23. The van der Waals surface area contributed by atoms with Gasteiger partial charge in [0.25, 0.3) is 0 Å². The summed E-state index contributed by atoms with van der Waals surface area (Å²) in [6.45, 7) is 0.889. The lowest BCUT2D eigenvalue weighted by molar-refractivity contribution is -0.115. The van der Waals surface area contributed by atoms with E-state index in [2.05, 4.69) is 10.3 Å². The Bertz CT molecular complexity index is 971. The average molecular weight is 379 g/mol. The number of amides is 2. The highest BCUT2D eigenvalue weighted by atomic mass is 32.1. The van der Waals surface area contributed by atoms with Crippen molar-refractivity contribution in [2.75, 3.05) is 23.4 Å². The number of nitrogens with one attached hydrogen (secondary N) is 1. The molecule has 1 N–H and O–H groups in total. The summed E-state index contributed by atoms with van der Waals surface area (Å²) in [5.41, 5.74) is 3.11. The zero-order chi connectivity index (χ0) is 18.6. The van der Waals surface area contributed by atoms with E-state index in [1.807, 2.05) is 41.8 Å². The van der Waals surface area contributed by atoms with Gasteiger partial charge in [-0.1, -0.05) is 36.4 Å². The maximum absolute atomic E-state index is 12.4. The van der Waals surface area contributed by atoms with Crippen LogP contribution in [0.15, 0.2) is 60.0 Å². The first-order valence-electron chi connectivity index (χ1n) is 8.53. The predicted octanol–water partition coefficient (Wildman–Crippen LogP) is 3.95. The summed E-state index contributed by atoms with van der Waals surface area (Å²) >= 11 is 1.52. The van der Waals surface area contributed by atoms with Crippen molar-refractivity contribution in [1.82, 2.24) is 4.98 Å². The number of carbonyl (C=O) groups excluding carboxylic acids is 2. The molecule has 0 radical (unpaired) electrons. The van der Waals surface area contributed by atoms with E-state index in [0.717, 1.165) is 16.3 Å². The van der Waals surface area contributed by atoms with Gasteiger partial charge < -0.3 is 10.1 Å². The van der Waals surface area contributed by atoms with Crippen molar-refractivity contribution in [3.8, 4) is 10.6 Å². The molecule has 0 saturated carbocycles. The van der Waals surface area contributed by atoms with Crippen LogP contribution in [0.4, 0.5) is 16.2 Å². The second kappa shape index (κ2) is 7.59. The first kappa shape index (κ1) is 17.2. The van der Waals surface area contributed by atoms with E-state index in [1.54, 1.807) is 23.1 Å². The third kappa shape index (κ3) is 3.98. The largest absolute Gasteiger partial charge is 0.447 e. The molecule has 1 aliphatic rings. The number of carbonyl (C=O) groups is 2. The van der Waals surface area contributed by atoms with Crippen LogP contribution in [-0.2, 0) is 16.0 Å². The maximum atomic E-state index is 12.4. The van der Waals surface area contributed by atoms with E-state index in [4.69, 9.17) is 4.74 Å². The summed E-state index contributed by atoms with van der Waals surface area (Å²) in [6.07, 6.45) is -0.173. The third-order valence-corrected chi connectivity index (χ3v) is 5.06. The van der Waals surface area contributed by atoms with Gasteiger partial charge in [-0.25, -0.2) is 9.78 Å². The van der Waals surface area contributed by atoms with Gasteiger partial charge in [0.15, 0.2) is 0 Å². The zero-order valence-corrected chi connectivity index (χ0v) is 15.2. The van der Waals surface area contributed by atoms with E-state index in [1.165, 1.54) is 11.3 Å². The molecule has 6 nitrogen and oxygen atoms in total. The van der Waals surface area contributed by atoms with Crippen LogP contribution >= 0.6 is 11.3 Å². The number of thiazole rings is 1. The lowest BCUT2D eigenvalue weighted by atomic mass is 10.2. The number of anilines is 2. The van der Waals surface area contributed by atoms with Crippen molar-refractivity contribution in [1.29, 1.82) is 0 Å². The van der Waals surface area contributed by atoms with Gasteiger partial charge in [0, 0.05) is 22.3 Å². The molecular weight excluding hydrogens is 362 g/mol. The number of rotatable bonds is 5. The van der Waals surface area contributed by atoms with Crippen molar-refractivity contribution in [2.45, 2.75) is 6.42 Å². The fourth-order valence-electron chi connectivity index (χ4n) is 2.85. The Labute approximate surface area is 160 Å². The SMILES string of the molecule is O=C(Cc1csc(-c2ccccc2)n1)Nc1cccc(N2CCOC2=O)c1. The molecule has 0 spiro atoms. The van der Waals surface area contributed by atoms with Gasteiger partial charge in [-0.05, 0) is 18.2 Å². The Morgan fingerprint density at radius 2 is 2.04 bits per heavy atom. The summed E-state index contributed by atoms with van der Waals surface area (Å²) in [5, 5.41) is 5.66. The molecule has 1 aliphatic heterocycles. The molecule has 1 fully saturated rings. The average Bonchev–Trinajstić information content (AvgIpc) is 3.31. The summed E-state index contributed by atoms with van der Waals surface area (Å²) in [6, 6.07) is 17.1. The number of hydrogen-bond donors (Lipinski definition) is 1. The van der Waals surface area contributed by atoms with E-state index < -0.39 is 0 Å². The summed E-state index contributed by atoms with van der Waals surface area (Å²) in [7, 11) is 0. The van der Waals surface area contributed by atoms with Crippen LogP contribution in [0.1, 0.15) is 5.69 Å². The topological polar surface area (TPSA) is 71.5 Å². The highest BCUT2D eigenvalue weighted by Crippen LogP contribution is 2.25. The molecule has 1 aromatic heterocycles. The van der Waals surface area contributed by atoms with Crippen LogP contribution in [0.25, 0.3) is 10.6 Å². The van der Waals surface area contributed by atoms with Gasteiger partial charge in [0.05, 0.1) is 18.7 Å². The molecule has 0 bridgehead atoms. The third-order valence-electron chi connectivity index (χ3n) is 4.12. The standard InChI is InChI=1S/C20H17N3O3S/c24-18(12-16-13-27-19(22-16)14-5-2-1-3-6-14)21-15-7-4-8-17(11-15)23-9-10-26-20(23)25/h1-8,11,13H,9-10,12H2,(H,21,24). The Kier molecular flexibility index (Phi) is 4.84. The van der Waals surface area contributed by atoms with Gasteiger partial charge >= 0.3 is 6.09 Å². The molecule has 2 amide bonds. The van der Waals surface area contributed by atoms with Gasteiger partial charge in [-0.2, -0.15) is 0 Å². The minimum Gasteiger partial charge on any atom is -0.447 e. The van der Waals surface area contributed by atoms with E-state index >= 15 is 0 Å². The molecule has 0 aliphatic carbocycles. The van der Waals surface area contributed by atoms with Crippen LogP contribution in [0.5, 0.6) is 0 Å². The summed E-state index contributed by atoms with van der Waals surface area (Å²) < 4.78 is 4.95. The predicted molar refractivity (Wildman–Crippen MR) is 105 cm³/mol. The van der Waals surface area contributed by atoms with Crippen molar-refractivity contribution < 1.29 is 14.3 Å². The number of ether oxygens (including phenoxy) is 1. The number of aromatic nitrogens is 1. The van der Waals surface area contributed by atoms with E-state index in [0.29, 0.717) is 24.5 Å². The smallest absolute Gasteiger partial charge is 0.414 e. The second-order valence-corrected chi connectivity index (χ2v) is 6.91. The van der Waals surface area contributed by atoms with Gasteiger partial charge in [-0.3, -0.25) is 9.69 Å². The normalized spacial score (nSPS) is 13.5. The number of cyclic esters (lactones) is 1. The first-order valence-corrected chi connectivity index (χ1v) is 9.41. The molecule has 136 valence electrons. The summed E-state index contributed by atoms with van der Waals surface area (Å²) in [4.78, 5) is 30.1. The van der Waals surface area contributed by atoms with Crippen molar-refractivity contribution in [3.05, 3.63) is 65.7 Å². The van der Waals surface area contributed by atoms with E-state index in [9.17, 15) is 9.59 Å². The number of benzene rings is 2. The number of nitrogens with zero attached hydrogens (tertiary/aromatic N) is 2. The Morgan fingerprint density at radius 3 is 2.81 bits per heavy atom. The van der Waals surface area contributed by atoms with E-state index in [-0.39, 0.29) is 18.4 Å². The quantitative estimate of drug-likeness (QED) is 0.729. The van der Waals surface area contributed by atoms with Gasteiger partial charge in [0.1, 0.15) is 11.6 Å². The van der Waals surface area contributed by atoms with Crippen molar-refractivity contribution >= 4 is 34.7 Å². The van der Waals surface area contributed by atoms with Crippen molar-refractivity contribution in [3.63, 3.8) is 0 Å². The molecule has 0 atom stereocenters. The minimum atomic E-state index is -0.366. The van der Waals surface area contributed by atoms with Crippen LogP contribution in [0, 0.1) is 0 Å². The van der Waals surface area contributed by atoms with Gasteiger partial charge in [0.2, 0.25) is 5.91 Å². The fourth-order valence-corrected chi connectivity index (χ4v) is 3.68. The Morgan fingerprint density at radius 1 is 1.19 bits per heavy atom. The highest BCUT2D eigenvalue weighted by molar-refractivity contribution is 7.13. The molecule has 3 aromatic rings. The molecule has 4 rings (SSSR count). The Balaban J connectivity index is 1.41. The summed E-state index contributed by atoms with van der Waals surface area (Å²) in [5.74, 6) is -0.152. The lowest BCUT2D eigenvalue weighted by Crippen LogP contribution is -2.23. The van der Waals surface area contributed by atoms with Gasteiger partial charge in [-0.15, -0.1) is 11.3 Å². The monoisotopic (exact) mass is 379 g/mol. The maximum Gasteiger partial charge on any atom is 0.414 e. The first-order chi connectivity index (χ1) is 13.2. The lowest BCUT2D eigenvalue weighted by Gasteiger charge is -2.14. The molecule has 0 unspecified atom stereocenters. The van der Waals surface area contributed by atoms with Crippen molar-refractivity contribution in [2.24, 2.45) is 0 Å². The van der Waals surface area contributed by atoms with Crippen LogP contribution < -0.4 is 10.2 Å². The molecule has 2 heterocycles.